The van der Waals surface area contributed by atoms with Crippen molar-refractivity contribution in [3.8, 4) is 5.88 Å². The monoisotopic (exact) mass is 428 g/mol. The molecule has 10 heteroatoms. The molecule has 2 aromatic heterocycles. The molecule has 1 aromatic carbocycles. The smallest absolute Gasteiger partial charge is 0.343 e. The average molecular weight is 429 g/mol. The van der Waals surface area contributed by atoms with Crippen molar-refractivity contribution in [2.75, 3.05) is 20.8 Å². The summed E-state index contributed by atoms with van der Waals surface area (Å²) in [5.41, 5.74) is 2.05. The van der Waals surface area contributed by atoms with E-state index in [1.165, 1.54) is 19.1 Å². The van der Waals surface area contributed by atoms with Gasteiger partial charge in [-0.3, -0.25) is 4.90 Å². The number of amides is 2. The van der Waals surface area contributed by atoms with Gasteiger partial charge in [-0.05, 0) is 29.8 Å². The Morgan fingerprint density at radius 1 is 1.30 bits per heavy atom. The molecular formula is C20H17ClN4O5. The largest absolute Gasteiger partial charge is 0.480 e. The molecule has 9 nitrogen and oxygen atoms in total. The van der Waals surface area contributed by atoms with Gasteiger partial charge in [0.15, 0.2) is 5.42 Å². The van der Waals surface area contributed by atoms with E-state index in [4.69, 9.17) is 25.6 Å². The maximum Gasteiger partial charge on any atom is 0.343 e. The fourth-order valence-electron chi connectivity index (χ4n) is 3.17. The standard InChI is InChI=1S/C20H17ClN4O5/c1-28-18-15(19(26)29-2)7-11-5-14(21)6-12(17(11)24-18)8-22-20(27)25-4-3-16-13(10-25)9-23-30-16/h3,5-7,9-10H,4,8H2,1-2H3,(H,22,27). The van der Waals surface area contributed by atoms with Gasteiger partial charge in [0.25, 0.3) is 0 Å². The van der Waals surface area contributed by atoms with Gasteiger partial charge in [0.05, 0.1) is 31.2 Å². The number of halogens is 1. The van der Waals surface area contributed by atoms with Crippen LogP contribution in [0.3, 0.4) is 0 Å². The van der Waals surface area contributed by atoms with Crippen LogP contribution >= 0.6 is 11.6 Å². The van der Waals surface area contributed by atoms with Crippen LogP contribution in [0.4, 0.5) is 4.79 Å². The number of urea groups is 1. The SMILES string of the molecule is COC(=O)c1cc2cc(Cl)cc(CNC(=O)N3C=c4cnoc4=CC3)c2nc1OC. The molecule has 0 aliphatic carbocycles. The van der Waals surface area contributed by atoms with E-state index in [2.05, 4.69) is 15.5 Å². The van der Waals surface area contributed by atoms with Crippen LogP contribution < -0.4 is 20.7 Å². The van der Waals surface area contributed by atoms with Gasteiger partial charge in [-0.1, -0.05) is 16.8 Å². The molecule has 2 amide bonds. The summed E-state index contributed by atoms with van der Waals surface area (Å²) in [6, 6.07) is 4.69. The molecule has 0 spiro atoms. The molecular weight excluding hydrogens is 412 g/mol. The number of carbonyl (C=O) groups excluding carboxylic acids is 2. The molecule has 0 saturated heterocycles. The number of benzene rings is 1. The Kier molecular flexibility index (Phi) is 5.28. The maximum atomic E-state index is 12.6. The Balaban J connectivity index is 1.62. The van der Waals surface area contributed by atoms with Crippen LogP contribution in [0, 0.1) is 0 Å². The number of hydrogen-bond acceptors (Lipinski definition) is 7. The highest BCUT2D eigenvalue weighted by atomic mass is 35.5. The summed E-state index contributed by atoms with van der Waals surface area (Å²) in [6.07, 6.45) is 4.99. The second-order valence-electron chi connectivity index (χ2n) is 6.46. The zero-order valence-electron chi connectivity index (χ0n) is 16.1. The minimum absolute atomic E-state index is 0.128. The number of aromatic nitrogens is 2. The third-order valence-electron chi connectivity index (χ3n) is 4.61. The highest BCUT2D eigenvalue weighted by Crippen LogP contribution is 2.28. The minimum Gasteiger partial charge on any atom is -0.480 e. The summed E-state index contributed by atoms with van der Waals surface area (Å²) in [7, 11) is 2.70. The molecule has 0 radical (unpaired) electrons. The third-order valence-corrected chi connectivity index (χ3v) is 4.83. The number of hydrogen-bond donors (Lipinski definition) is 1. The molecule has 4 rings (SSSR count). The molecule has 1 aliphatic rings. The molecule has 30 heavy (non-hydrogen) atoms. The molecule has 0 fully saturated rings. The number of pyridine rings is 1. The first-order valence-corrected chi connectivity index (χ1v) is 9.30. The summed E-state index contributed by atoms with van der Waals surface area (Å²) in [5, 5.41) is 8.36. The van der Waals surface area contributed by atoms with Gasteiger partial charge in [-0.15, -0.1) is 0 Å². The number of fused-ring (bicyclic) bond motifs is 2. The molecule has 0 saturated carbocycles. The molecule has 1 aliphatic heterocycles. The average Bonchev–Trinajstić information content (AvgIpc) is 3.23. The lowest BCUT2D eigenvalue weighted by atomic mass is 10.1. The number of ether oxygens (including phenoxy) is 2. The first-order chi connectivity index (χ1) is 14.5. The van der Waals surface area contributed by atoms with Gasteiger partial charge in [0.1, 0.15) is 5.56 Å². The zero-order valence-corrected chi connectivity index (χ0v) is 16.9. The molecule has 0 atom stereocenters. The zero-order chi connectivity index (χ0) is 21.3. The number of rotatable bonds is 4. The van der Waals surface area contributed by atoms with Crippen LogP contribution in [-0.4, -0.2) is 47.8 Å². The van der Waals surface area contributed by atoms with E-state index in [0.717, 1.165) is 5.22 Å². The Morgan fingerprint density at radius 2 is 2.13 bits per heavy atom. The van der Waals surface area contributed by atoms with Gasteiger partial charge in [0, 0.05) is 29.7 Å². The Labute approximate surface area is 175 Å². The predicted octanol–water partition coefficient (Wildman–Crippen LogP) is 1.42. The van der Waals surface area contributed by atoms with Crippen LogP contribution in [0.2, 0.25) is 5.02 Å². The molecule has 154 valence electrons. The number of nitrogens with one attached hydrogen (secondary N) is 1. The first-order valence-electron chi connectivity index (χ1n) is 8.93. The van der Waals surface area contributed by atoms with Gasteiger partial charge in [-0.25, -0.2) is 14.6 Å². The van der Waals surface area contributed by atoms with E-state index in [-0.39, 0.29) is 24.0 Å². The molecule has 3 aromatic rings. The van der Waals surface area contributed by atoms with Crippen LogP contribution in [0.25, 0.3) is 23.2 Å². The second kappa shape index (κ2) is 8.03. The predicted molar refractivity (Wildman–Crippen MR) is 108 cm³/mol. The van der Waals surface area contributed by atoms with Crippen LogP contribution in [0.5, 0.6) is 5.88 Å². The van der Waals surface area contributed by atoms with E-state index >= 15 is 0 Å². The number of methoxy groups -OCH3 is 2. The van der Waals surface area contributed by atoms with Gasteiger partial charge in [-0.2, -0.15) is 0 Å². The summed E-state index contributed by atoms with van der Waals surface area (Å²) >= 11 is 6.24. The van der Waals surface area contributed by atoms with Gasteiger partial charge < -0.3 is 19.3 Å². The first kappa shape index (κ1) is 19.7. The minimum atomic E-state index is -0.568. The summed E-state index contributed by atoms with van der Waals surface area (Å²) in [5.74, 6) is -0.440. The molecule has 1 N–H and O–H groups in total. The van der Waals surface area contributed by atoms with Crippen molar-refractivity contribution in [3.05, 3.63) is 51.2 Å². The summed E-state index contributed by atoms with van der Waals surface area (Å²) in [4.78, 5) is 30.6. The third kappa shape index (κ3) is 3.67. The highest BCUT2D eigenvalue weighted by molar-refractivity contribution is 6.31. The normalized spacial score (nSPS) is 12.6. The second-order valence-corrected chi connectivity index (χ2v) is 6.90. The number of esters is 1. The van der Waals surface area contributed by atoms with Crippen molar-refractivity contribution in [2.24, 2.45) is 0 Å². The van der Waals surface area contributed by atoms with Crippen LogP contribution in [0.1, 0.15) is 15.9 Å². The van der Waals surface area contributed by atoms with E-state index in [1.54, 1.807) is 36.7 Å². The maximum absolute atomic E-state index is 12.6. The van der Waals surface area contributed by atoms with Crippen molar-refractivity contribution >= 4 is 46.8 Å². The summed E-state index contributed by atoms with van der Waals surface area (Å²) in [6.45, 7) is 0.531. The van der Waals surface area contributed by atoms with Gasteiger partial charge in [0.2, 0.25) is 5.88 Å². The number of carbonyl (C=O) groups is 2. The Morgan fingerprint density at radius 3 is 2.90 bits per heavy atom. The van der Waals surface area contributed by atoms with Gasteiger partial charge >= 0.3 is 12.0 Å². The van der Waals surface area contributed by atoms with E-state index in [9.17, 15) is 9.59 Å². The lowest BCUT2D eigenvalue weighted by molar-refractivity contribution is 0.0596. The van der Waals surface area contributed by atoms with Crippen molar-refractivity contribution < 1.29 is 23.6 Å². The quantitative estimate of drug-likeness (QED) is 0.626. The Hall–Kier alpha value is -3.59. The highest BCUT2D eigenvalue weighted by Gasteiger charge is 2.19. The fourth-order valence-corrected chi connectivity index (χ4v) is 3.42. The Bertz CT molecular complexity index is 1270. The van der Waals surface area contributed by atoms with Crippen molar-refractivity contribution in [2.45, 2.75) is 6.54 Å². The topological polar surface area (TPSA) is 107 Å². The van der Waals surface area contributed by atoms with E-state index in [1.807, 2.05) is 0 Å². The van der Waals surface area contributed by atoms with Crippen LogP contribution in [-0.2, 0) is 11.3 Å². The molecule has 0 bridgehead atoms. The number of nitrogens with zero attached hydrogens (tertiary/aromatic N) is 3. The summed E-state index contributed by atoms with van der Waals surface area (Å²) < 4.78 is 15.1. The van der Waals surface area contributed by atoms with Crippen molar-refractivity contribution in [3.63, 3.8) is 0 Å². The molecule has 3 heterocycles. The van der Waals surface area contributed by atoms with Crippen molar-refractivity contribution in [1.82, 2.24) is 20.4 Å². The van der Waals surface area contributed by atoms with Crippen LogP contribution in [0.15, 0.2) is 28.9 Å². The van der Waals surface area contributed by atoms with Crippen molar-refractivity contribution in [1.29, 1.82) is 0 Å². The van der Waals surface area contributed by atoms with E-state index in [0.29, 0.717) is 33.4 Å². The lowest BCUT2D eigenvalue weighted by Crippen LogP contribution is -2.41. The molecule has 0 unspecified atom stereocenters. The van der Waals surface area contributed by atoms with E-state index < -0.39 is 5.97 Å². The lowest BCUT2D eigenvalue weighted by Gasteiger charge is -2.19. The fraction of sp³-hybridized carbons (Fsp3) is 0.200.